The molecule has 0 atom stereocenters. The van der Waals surface area contributed by atoms with Gasteiger partial charge in [0.25, 0.3) is 5.91 Å². The fourth-order valence-corrected chi connectivity index (χ4v) is 3.19. The zero-order chi connectivity index (χ0) is 22.8. The first-order valence-electron chi connectivity index (χ1n) is 9.34. The fourth-order valence-electron chi connectivity index (χ4n) is 3.19. The van der Waals surface area contributed by atoms with Gasteiger partial charge in [-0.25, -0.2) is 18.6 Å². The number of amides is 1. The first kappa shape index (κ1) is 20.8. The van der Waals surface area contributed by atoms with E-state index in [9.17, 15) is 28.7 Å². The molecule has 9 heteroatoms. The molecule has 1 heterocycles. The summed E-state index contributed by atoms with van der Waals surface area (Å²) in [4.78, 5) is 26.9. The molecule has 0 spiro atoms. The highest BCUT2D eigenvalue weighted by Gasteiger charge is 2.17. The van der Waals surface area contributed by atoms with Crippen LogP contribution in [-0.2, 0) is 11.2 Å². The van der Waals surface area contributed by atoms with Crippen LogP contribution in [0.15, 0.2) is 66.4 Å². The summed E-state index contributed by atoms with van der Waals surface area (Å²) in [5.74, 6) is -1.32. The van der Waals surface area contributed by atoms with Gasteiger partial charge in [-0.3, -0.25) is 4.79 Å². The molecule has 7 nitrogen and oxygen atoms in total. The number of allylic oxidation sites excluding steroid dienone is 1. The highest BCUT2D eigenvalue weighted by molar-refractivity contribution is 6.04. The van der Waals surface area contributed by atoms with Gasteiger partial charge in [0.15, 0.2) is 5.82 Å². The zero-order valence-corrected chi connectivity index (χ0v) is 16.3. The highest BCUT2D eigenvalue weighted by atomic mass is 19.1. The topological polar surface area (TPSA) is 107 Å². The first-order chi connectivity index (χ1) is 15.4. The summed E-state index contributed by atoms with van der Waals surface area (Å²) in [5.41, 5.74) is 1.38. The maximum Gasteiger partial charge on any atom is 0.255 e. The van der Waals surface area contributed by atoms with Gasteiger partial charge in [-0.2, -0.15) is 4.73 Å². The molecule has 4 aromatic rings. The van der Waals surface area contributed by atoms with Crippen molar-refractivity contribution in [3.8, 4) is 11.4 Å². The molecule has 3 aromatic carbocycles. The molecule has 0 saturated heterocycles. The quantitative estimate of drug-likeness (QED) is 0.285. The summed E-state index contributed by atoms with van der Waals surface area (Å²) < 4.78 is 28.5. The second-order valence-electron chi connectivity index (χ2n) is 6.93. The van der Waals surface area contributed by atoms with Gasteiger partial charge in [0.2, 0.25) is 0 Å². The number of hydrogen-bond donors (Lipinski definition) is 2. The number of aromatic nitrogens is 2. The number of imidazole rings is 1. The largest absolute Gasteiger partial charge is 0.867 e. The second kappa shape index (κ2) is 8.33. The van der Waals surface area contributed by atoms with Crippen molar-refractivity contribution in [2.24, 2.45) is 0 Å². The maximum absolute atomic E-state index is 14.8. The van der Waals surface area contributed by atoms with Crippen molar-refractivity contribution in [1.29, 1.82) is 0 Å². The zero-order valence-electron chi connectivity index (χ0n) is 16.3. The van der Waals surface area contributed by atoms with Gasteiger partial charge < -0.3 is 15.6 Å². The van der Waals surface area contributed by atoms with Crippen LogP contribution in [0.3, 0.4) is 0 Å². The minimum atomic E-state index is -0.751. The van der Waals surface area contributed by atoms with Crippen LogP contribution in [-0.4, -0.2) is 26.8 Å². The van der Waals surface area contributed by atoms with E-state index in [1.165, 1.54) is 42.3 Å². The molecule has 0 aliphatic heterocycles. The lowest BCUT2D eigenvalue weighted by molar-refractivity contribution is -0.302. The molecule has 0 saturated carbocycles. The molecule has 2 N–H and O–H groups in total. The van der Waals surface area contributed by atoms with E-state index in [0.29, 0.717) is 15.8 Å². The number of carbonyl (C=O) groups excluding carboxylic acids is 2. The molecular formula is C23H14F2N3O4-. The lowest BCUT2D eigenvalue weighted by Crippen LogP contribution is -2.12. The number of nitrogens with one attached hydrogen (secondary N) is 1. The average molecular weight is 434 g/mol. The Hall–Kier alpha value is -4.49. The number of nitrogens with zero attached hydrogens (tertiary/aromatic N) is 2. The van der Waals surface area contributed by atoms with Crippen LogP contribution in [0, 0.1) is 11.6 Å². The van der Waals surface area contributed by atoms with Gasteiger partial charge in [0.1, 0.15) is 23.1 Å². The molecule has 0 radical (unpaired) electrons. The Morgan fingerprint density at radius 3 is 2.53 bits per heavy atom. The number of halogens is 2. The molecular weight excluding hydrogens is 420 g/mol. The lowest BCUT2D eigenvalue weighted by Gasteiger charge is -2.08. The summed E-state index contributed by atoms with van der Waals surface area (Å²) in [6, 6.07) is 13.3. The Balaban J connectivity index is 1.62. The van der Waals surface area contributed by atoms with Gasteiger partial charge in [-0.15, -0.1) is 0 Å². The minimum absolute atomic E-state index is 0.0256. The molecule has 1 amide bonds. The van der Waals surface area contributed by atoms with Crippen molar-refractivity contribution in [1.82, 2.24) is 9.71 Å². The molecule has 32 heavy (non-hydrogen) atoms. The Labute approximate surface area is 179 Å². The van der Waals surface area contributed by atoms with Gasteiger partial charge in [0, 0.05) is 11.3 Å². The van der Waals surface area contributed by atoms with Crippen molar-refractivity contribution in [2.45, 2.75) is 6.42 Å². The van der Waals surface area contributed by atoms with Gasteiger partial charge in [-0.1, -0.05) is 6.07 Å². The average Bonchev–Trinajstić information content (AvgIpc) is 3.10. The van der Waals surface area contributed by atoms with Crippen LogP contribution in [0.1, 0.15) is 15.9 Å². The maximum atomic E-state index is 14.8. The Kier molecular flexibility index (Phi) is 5.41. The molecule has 4 rings (SSSR count). The van der Waals surface area contributed by atoms with Gasteiger partial charge in [0.05, 0.1) is 11.1 Å². The van der Waals surface area contributed by atoms with Gasteiger partial charge >= 0.3 is 0 Å². The number of hydrogen-bond acceptors (Lipinski definition) is 5. The van der Waals surface area contributed by atoms with Crippen LogP contribution in [0.2, 0.25) is 0 Å². The molecule has 1 aromatic heterocycles. The van der Waals surface area contributed by atoms with Crippen molar-refractivity contribution < 1.29 is 28.7 Å². The summed E-state index contributed by atoms with van der Waals surface area (Å²) in [6.45, 7) is 0. The minimum Gasteiger partial charge on any atom is -0.867 e. The summed E-state index contributed by atoms with van der Waals surface area (Å²) >= 11 is 0. The summed E-state index contributed by atoms with van der Waals surface area (Å²) in [6.07, 6.45) is -0.184. The van der Waals surface area contributed by atoms with E-state index >= 15 is 0 Å². The normalized spacial score (nSPS) is 10.7. The van der Waals surface area contributed by atoms with E-state index in [-0.39, 0.29) is 34.6 Å². The molecule has 160 valence electrons. The van der Waals surface area contributed by atoms with Crippen molar-refractivity contribution in [3.05, 3.63) is 89.2 Å². The molecule has 0 unspecified atom stereocenters. The summed E-state index contributed by atoms with van der Waals surface area (Å²) in [5, 5.41) is 24.3. The third-order valence-corrected chi connectivity index (χ3v) is 4.75. The lowest BCUT2D eigenvalue weighted by atomic mass is 10.1. The van der Waals surface area contributed by atoms with E-state index in [4.69, 9.17) is 0 Å². The summed E-state index contributed by atoms with van der Waals surface area (Å²) in [7, 11) is 0. The Morgan fingerprint density at radius 2 is 1.84 bits per heavy atom. The van der Waals surface area contributed by atoms with Crippen molar-refractivity contribution in [2.75, 3.05) is 5.32 Å². The monoisotopic (exact) mass is 434 g/mol. The Morgan fingerprint density at radius 1 is 1.09 bits per heavy atom. The predicted molar refractivity (Wildman–Crippen MR) is 110 cm³/mol. The predicted octanol–water partition coefficient (Wildman–Crippen LogP) is 3.09. The van der Waals surface area contributed by atoms with Crippen LogP contribution in [0.5, 0.6) is 0 Å². The van der Waals surface area contributed by atoms with Crippen LogP contribution < -0.4 is 10.4 Å². The van der Waals surface area contributed by atoms with E-state index in [0.717, 1.165) is 18.2 Å². The first-order valence-corrected chi connectivity index (χ1v) is 9.34. The number of rotatable bonds is 5. The highest BCUT2D eigenvalue weighted by Crippen LogP contribution is 2.28. The number of carbonyl (C=O) groups is 1. The standard InChI is InChI=1S/C23H15F2N3O4/c24-15-4-2-14(3-5-15)23(31)26-16-6-7-18(19(25)11-16)22-27-20-8-1-13(9-17(30)12-29)10-21(20)28(22)32/h1-8,10-11,30,32H,9H2,(H,26,31)/p-1. The molecule has 0 aliphatic carbocycles. The van der Waals surface area contributed by atoms with E-state index in [1.807, 2.05) is 0 Å². The third kappa shape index (κ3) is 4.05. The van der Waals surface area contributed by atoms with Gasteiger partial charge in [-0.05, 0) is 72.3 Å². The Bertz CT molecular complexity index is 1390. The van der Waals surface area contributed by atoms with Crippen LogP contribution in [0.4, 0.5) is 14.5 Å². The number of fused-ring (bicyclic) bond motifs is 1. The van der Waals surface area contributed by atoms with Crippen LogP contribution >= 0.6 is 0 Å². The molecule has 0 aliphatic rings. The number of benzene rings is 3. The third-order valence-electron chi connectivity index (χ3n) is 4.75. The van der Waals surface area contributed by atoms with E-state index in [1.54, 1.807) is 6.07 Å². The molecule has 0 fully saturated rings. The second-order valence-corrected chi connectivity index (χ2v) is 6.93. The van der Waals surface area contributed by atoms with Crippen molar-refractivity contribution in [3.63, 3.8) is 0 Å². The fraction of sp³-hybridized carbons (Fsp3) is 0.0435. The smallest absolute Gasteiger partial charge is 0.255 e. The van der Waals surface area contributed by atoms with Crippen molar-refractivity contribution >= 4 is 28.6 Å². The van der Waals surface area contributed by atoms with E-state index in [2.05, 4.69) is 10.3 Å². The van der Waals surface area contributed by atoms with Crippen LogP contribution in [0.25, 0.3) is 22.4 Å². The number of anilines is 1. The van der Waals surface area contributed by atoms with E-state index < -0.39 is 23.3 Å². The molecule has 0 bridgehead atoms. The SMILES string of the molecule is O=C=C([O-])Cc1ccc2nc(-c3ccc(NC(=O)c4ccc(F)cc4)cc3F)n(O)c2c1.